The Hall–Kier alpha value is -2.18. The molecule has 5 nitrogen and oxygen atoms in total. The van der Waals surface area contributed by atoms with Gasteiger partial charge in [0, 0.05) is 49.0 Å². The maximum atomic E-state index is 12.9. The van der Waals surface area contributed by atoms with E-state index in [4.69, 9.17) is 4.98 Å². The van der Waals surface area contributed by atoms with Crippen LogP contribution in [0.25, 0.3) is 21.6 Å². The van der Waals surface area contributed by atoms with Gasteiger partial charge in [0.2, 0.25) is 0 Å². The van der Waals surface area contributed by atoms with Crippen LogP contribution in [0.2, 0.25) is 0 Å². The number of carbonyl (C=O) groups is 1. The predicted octanol–water partition coefficient (Wildman–Crippen LogP) is 3.95. The summed E-state index contributed by atoms with van der Waals surface area (Å²) in [6.45, 7) is 9.82. The molecule has 3 heterocycles. The van der Waals surface area contributed by atoms with Gasteiger partial charge in [-0.2, -0.15) is 0 Å². The van der Waals surface area contributed by atoms with Gasteiger partial charge in [0.25, 0.3) is 5.91 Å². The van der Waals surface area contributed by atoms with E-state index < -0.39 is 0 Å². The van der Waals surface area contributed by atoms with Gasteiger partial charge in [0.15, 0.2) is 0 Å². The van der Waals surface area contributed by atoms with Crippen molar-refractivity contribution in [2.24, 2.45) is 0 Å². The molecule has 6 heteroatoms. The first-order chi connectivity index (χ1) is 13.2. The number of nitrogens with zero attached hydrogens (tertiary/aromatic N) is 4. The van der Waals surface area contributed by atoms with Gasteiger partial charge in [0.1, 0.15) is 10.7 Å². The molecule has 1 saturated heterocycles. The number of benzene rings is 1. The van der Waals surface area contributed by atoms with Gasteiger partial charge < -0.3 is 14.4 Å². The first-order valence-electron chi connectivity index (χ1n) is 9.77. The van der Waals surface area contributed by atoms with Crippen molar-refractivity contribution < 1.29 is 4.79 Å². The van der Waals surface area contributed by atoms with Gasteiger partial charge in [0.05, 0.1) is 5.69 Å². The summed E-state index contributed by atoms with van der Waals surface area (Å²) in [5, 5.41) is 4.06. The summed E-state index contributed by atoms with van der Waals surface area (Å²) in [5.74, 6) is 0.0615. The molecule has 1 aromatic carbocycles. The van der Waals surface area contributed by atoms with E-state index in [0.29, 0.717) is 5.69 Å². The van der Waals surface area contributed by atoms with E-state index in [-0.39, 0.29) is 5.91 Å². The zero-order valence-electron chi connectivity index (χ0n) is 16.0. The van der Waals surface area contributed by atoms with Crippen LogP contribution in [0.1, 0.15) is 30.8 Å². The highest BCUT2D eigenvalue weighted by Gasteiger charge is 2.24. The molecule has 1 aliphatic rings. The van der Waals surface area contributed by atoms with Crippen LogP contribution in [0.4, 0.5) is 0 Å². The molecule has 27 heavy (non-hydrogen) atoms. The lowest BCUT2D eigenvalue weighted by Gasteiger charge is -2.33. The number of rotatable bonds is 5. The number of likely N-dealkylation sites (N-methyl/N-ethyl adjacent to an activating group) is 1. The fourth-order valence-corrected chi connectivity index (χ4v) is 4.59. The van der Waals surface area contributed by atoms with E-state index in [0.717, 1.165) is 56.4 Å². The highest BCUT2D eigenvalue weighted by Crippen LogP contribution is 2.31. The second-order valence-corrected chi connectivity index (χ2v) is 7.86. The zero-order chi connectivity index (χ0) is 18.8. The number of para-hydroxylation sites is 1. The molecule has 2 aromatic heterocycles. The molecule has 0 N–H and O–H groups in total. The third-order valence-electron chi connectivity index (χ3n) is 5.31. The summed E-state index contributed by atoms with van der Waals surface area (Å²) in [4.78, 5) is 21.9. The maximum Gasteiger partial charge on any atom is 0.273 e. The number of carbonyl (C=O) groups excluding carboxylic acids is 1. The molecular weight excluding hydrogens is 356 g/mol. The summed E-state index contributed by atoms with van der Waals surface area (Å²) in [7, 11) is 0. The van der Waals surface area contributed by atoms with E-state index in [2.05, 4.69) is 53.6 Å². The van der Waals surface area contributed by atoms with Gasteiger partial charge in [-0.05, 0) is 25.1 Å². The highest BCUT2D eigenvalue weighted by atomic mass is 32.1. The third-order valence-corrected chi connectivity index (χ3v) is 6.17. The third kappa shape index (κ3) is 3.51. The Labute approximate surface area is 164 Å². The minimum atomic E-state index is 0.0615. The van der Waals surface area contributed by atoms with E-state index >= 15 is 0 Å². The predicted molar refractivity (Wildman–Crippen MR) is 111 cm³/mol. The summed E-state index contributed by atoms with van der Waals surface area (Å²) in [6, 6.07) is 10.6. The zero-order valence-corrected chi connectivity index (χ0v) is 16.8. The Bertz CT molecular complexity index is 937. The van der Waals surface area contributed by atoms with Crippen LogP contribution in [0.5, 0.6) is 0 Å². The summed E-state index contributed by atoms with van der Waals surface area (Å²) in [6.07, 6.45) is 1.06. The normalized spacial score (nSPS) is 15.6. The molecule has 4 rings (SSSR count). The Balaban J connectivity index is 1.60. The lowest BCUT2D eigenvalue weighted by Crippen LogP contribution is -2.48. The van der Waals surface area contributed by atoms with Gasteiger partial charge in [-0.15, -0.1) is 11.3 Å². The Kier molecular flexibility index (Phi) is 5.27. The fraction of sp³-hybridized carbons (Fsp3) is 0.429. The lowest BCUT2D eigenvalue weighted by molar-refractivity contribution is 0.0638. The number of fused-ring (bicyclic) bond motifs is 1. The number of piperazine rings is 1. The minimum absolute atomic E-state index is 0.0615. The first-order valence-corrected chi connectivity index (χ1v) is 10.6. The monoisotopic (exact) mass is 382 g/mol. The molecule has 1 aliphatic heterocycles. The van der Waals surface area contributed by atoms with Crippen LogP contribution in [-0.4, -0.2) is 58.0 Å². The van der Waals surface area contributed by atoms with E-state index in [9.17, 15) is 4.79 Å². The molecule has 0 aliphatic carbocycles. The molecule has 142 valence electrons. The van der Waals surface area contributed by atoms with E-state index in [1.54, 1.807) is 11.3 Å². The smallest absolute Gasteiger partial charge is 0.273 e. The molecule has 1 fully saturated rings. The van der Waals surface area contributed by atoms with Gasteiger partial charge in [-0.1, -0.05) is 32.0 Å². The lowest BCUT2D eigenvalue weighted by atomic mass is 10.2. The van der Waals surface area contributed by atoms with Crippen LogP contribution in [-0.2, 0) is 6.54 Å². The van der Waals surface area contributed by atoms with Gasteiger partial charge in [-0.25, -0.2) is 4.98 Å². The first kappa shape index (κ1) is 18.2. The average Bonchev–Trinajstić information content (AvgIpc) is 3.33. The number of aromatic nitrogens is 2. The molecule has 0 saturated carbocycles. The van der Waals surface area contributed by atoms with Gasteiger partial charge in [-0.3, -0.25) is 4.79 Å². The van der Waals surface area contributed by atoms with E-state index in [1.165, 1.54) is 10.9 Å². The van der Waals surface area contributed by atoms with Crippen molar-refractivity contribution in [2.75, 3.05) is 32.7 Å². The Morgan fingerprint density at radius 1 is 1.15 bits per heavy atom. The summed E-state index contributed by atoms with van der Waals surface area (Å²) in [5.41, 5.74) is 2.92. The minimum Gasteiger partial charge on any atom is -0.339 e. The number of amides is 1. The Morgan fingerprint density at radius 2 is 1.93 bits per heavy atom. The standard InChI is InChI=1S/C21H26N4OS/c1-3-9-25-18-8-6-5-7-16(18)14-19(25)20-22-17(15-27-20)21(26)24-12-10-23(4-2)11-13-24/h5-8,14-15H,3-4,9-13H2,1-2H3. The summed E-state index contributed by atoms with van der Waals surface area (Å²) < 4.78 is 2.32. The second kappa shape index (κ2) is 7.82. The molecule has 3 aromatic rings. The van der Waals surface area contributed by atoms with Crippen molar-refractivity contribution in [1.29, 1.82) is 0 Å². The van der Waals surface area contributed by atoms with E-state index in [1.807, 2.05) is 10.3 Å². The summed E-state index contributed by atoms with van der Waals surface area (Å²) >= 11 is 1.57. The number of aryl methyl sites for hydroxylation is 1. The van der Waals surface area contributed by atoms with Crippen molar-refractivity contribution in [3.05, 3.63) is 41.4 Å². The second-order valence-electron chi connectivity index (χ2n) is 7.00. The van der Waals surface area contributed by atoms with Crippen molar-refractivity contribution in [2.45, 2.75) is 26.8 Å². The maximum absolute atomic E-state index is 12.9. The van der Waals surface area contributed by atoms with Crippen LogP contribution in [0.3, 0.4) is 0 Å². The molecule has 0 spiro atoms. The molecule has 1 amide bonds. The topological polar surface area (TPSA) is 41.4 Å². The number of thiazole rings is 1. The number of hydrogen-bond acceptors (Lipinski definition) is 4. The van der Waals surface area contributed by atoms with Crippen molar-refractivity contribution in [1.82, 2.24) is 19.4 Å². The SMILES string of the molecule is CCCn1c(-c2nc(C(=O)N3CCN(CC)CC3)cs2)cc2ccccc21. The number of hydrogen-bond donors (Lipinski definition) is 0. The molecular formula is C21H26N4OS. The van der Waals surface area contributed by atoms with Crippen LogP contribution in [0, 0.1) is 0 Å². The van der Waals surface area contributed by atoms with Crippen LogP contribution in [0.15, 0.2) is 35.7 Å². The largest absolute Gasteiger partial charge is 0.339 e. The highest BCUT2D eigenvalue weighted by molar-refractivity contribution is 7.13. The Morgan fingerprint density at radius 3 is 2.67 bits per heavy atom. The van der Waals surface area contributed by atoms with Crippen molar-refractivity contribution in [3.63, 3.8) is 0 Å². The molecule has 0 radical (unpaired) electrons. The average molecular weight is 383 g/mol. The van der Waals surface area contributed by atoms with Crippen LogP contribution < -0.4 is 0 Å². The van der Waals surface area contributed by atoms with Crippen molar-refractivity contribution >= 4 is 28.1 Å². The fourth-order valence-electron chi connectivity index (χ4n) is 3.77. The molecule has 0 unspecified atom stereocenters. The van der Waals surface area contributed by atoms with Gasteiger partial charge >= 0.3 is 0 Å². The molecule has 0 atom stereocenters. The van der Waals surface area contributed by atoms with Crippen molar-refractivity contribution in [3.8, 4) is 10.7 Å². The van der Waals surface area contributed by atoms with Crippen LogP contribution >= 0.6 is 11.3 Å². The molecule has 0 bridgehead atoms. The quantitative estimate of drug-likeness (QED) is 0.671.